The molecule has 0 unspecified atom stereocenters. The minimum absolute atomic E-state index is 0.100. The fourth-order valence-corrected chi connectivity index (χ4v) is 1.59. The third-order valence-electron chi connectivity index (χ3n) is 2.83. The van der Waals surface area contributed by atoms with E-state index in [-0.39, 0.29) is 5.56 Å². The van der Waals surface area contributed by atoms with Crippen molar-refractivity contribution in [3.8, 4) is 0 Å². The van der Waals surface area contributed by atoms with Crippen molar-refractivity contribution in [2.75, 3.05) is 0 Å². The second-order valence-electron chi connectivity index (χ2n) is 4.84. The van der Waals surface area contributed by atoms with Gasteiger partial charge in [0.25, 0.3) is 5.78 Å². The van der Waals surface area contributed by atoms with Crippen LogP contribution in [-0.2, 0) is 14.4 Å². The van der Waals surface area contributed by atoms with Crippen LogP contribution in [0, 0.1) is 0 Å². The summed E-state index contributed by atoms with van der Waals surface area (Å²) in [7, 11) is 0. The van der Waals surface area contributed by atoms with Crippen LogP contribution in [0.2, 0.25) is 5.02 Å². The Morgan fingerprint density at radius 2 is 1.38 bits per heavy atom. The Hall–Kier alpha value is -2.32. The smallest absolute Gasteiger partial charge is 0.294 e. The van der Waals surface area contributed by atoms with Gasteiger partial charge < -0.3 is 0 Å². The summed E-state index contributed by atoms with van der Waals surface area (Å²) in [6, 6.07) is 5.53. The number of ketones is 4. The van der Waals surface area contributed by atoms with E-state index < -0.39 is 46.1 Å². The van der Waals surface area contributed by atoms with E-state index in [9.17, 15) is 36.7 Å². The highest BCUT2D eigenvalue weighted by atomic mass is 35.5. The third-order valence-corrected chi connectivity index (χ3v) is 3.26. The lowest BCUT2D eigenvalue weighted by molar-refractivity contribution is -0.131. The van der Waals surface area contributed by atoms with E-state index in [1.807, 2.05) is 13.8 Å². The maximum Gasteiger partial charge on any atom is 0.385 e. The van der Waals surface area contributed by atoms with Gasteiger partial charge >= 0.3 is 11.8 Å². The molecular formula is C19H18Cl2F4O4. The lowest BCUT2D eigenvalue weighted by atomic mass is 10.0. The lowest BCUT2D eigenvalue weighted by Gasteiger charge is -2.05. The van der Waals surface area contributed by atoms with Crippen LogP contribution in [-0.4, -0.2) is 34.9 Å². The quantitative estimate of drug-likeness (QED) is 0.136. The van der Waals surface area contributed by atoms with Crippen molar-refractivity contribution in [2.24, 2.45) is 0 Å². The number of alkyl halides is 5. The maximum absolute atomic E-state index is 12.0. The summed E-state index contributed by atoms with van der Waals surface area (Å²) in [6.45, 7) is 10.9. The average Bonchev–Trinajstić information content (AvgIpc) is 2.66. The van der Waals surface area contributed by atoms with Crippen LogP contribution in [0.3, 0.4) is 0 Å². The second kappa shape index (κ2) is 13.0. The molecular weight excluding hydrogens is 439 g/mol. The molecule has 29 heavy (non-hydrogen) atoms. The van der Waals surface area contributed by atoms with Gasteiger partial charge in [0.15, 0.2) is 11.6 Å². The molecule has 0 aliphatic heterocycles. The summed E-state index contributed by atoms with van der Waals surface area (Å²) in [5.41, 5.74) is -1.41. The molecule has 0 saturated carbocycles. The standard InChI is InChI=1S/C11H7ClF2O2.C6H5ClF2O2.C2H6/c1-6(10(16)11(13)14)9(15)7-2-4-8(12)5-3-7;1-3(4(2)10)5(11)6(7,8)9;1-2/h2-5,11H,1H2;1H2,2H3;1-2H3. The van der Waals surface area contributed by atoms with Gasteiger partial charge in [0.1, 0.15) is 0 Å². The lowest BCUT2D eigenvalue weighted by Crippen LogP contribution is -2.25. The Morgan fingerprint density at radius 1 is 0.966 bits per heavy atom. The zero-order chi connectivity index (χ0) is 23.5. The number of Topliss-reactive ketones (excluding diaryl/α,β-unsaturated/α-hetero) is 4. The first-order chi connectivity index (χ1) is 13.2. The van der Waals surface area contributed by atoms with E-state index in [1.165, 1.54) is 24.3 Å². The zero-order valence-electron chi connectivity index (χ0n) is 15.7. The molecule has 0 radical (unpaired) electrons. The van der Waals surface area contributed by atoms with Gasteiger partial charge in [0.05, 0.1) is 11.1 Å². The highest BCUT2D eigenvalue weighted by molar-refractivity contribution is 6.39. The van der Waals surface area contributed by atoms with Crippen LogP contribution in [0.15, 0.2) is 48.6 Å². The van der Waals surface area contributed by atoms with Crippen molar-refractivity contribution in [1.82, 2.24) is 0 Å². The van der Waals surface area contributed by atoms with E-state index in [0.29, 0.717) is 5.02 Å². The van der Waals surface area contributed by atoms with E-state index in [2.05, 4.69) is 24.8 Å². The summed E-state index contributed by atoms with van der Waals surface area (Å²) in [5.74, 6) is -4.93. The molecule has 0 aliphatic carbocycles. The van der Waals surface area contributed by atoms with Gasteiger partial charge in [-0.3, -0.25) is 19.2 Å². The molecule has 1 aromatic rings. The fraction of sp³-hybridized carbons (Fsp3) is 0.263. The number of hydrogen-bond acceptors (Lipinski definition) is 4. The second-order valence-corrected chi connectivity index (χ2v) is 5.75. The first-order valence-electron chi connectivity index (χ1n) is 7.83. The molecule has 0 fully saturated rings. The summed E-state index contributed by atoms with van der Waals surface area (Å²) < 4.78 is 47.9. The minimum atomic E-state index is -4.03. The Labute approximate surface area is 175 Å². The average molecular weight is 457 g/mol. The van der Waals surface area contributed by atoms with Gasteiger partial charge in [0.2, 0.25) is 5.78 Å². The highest BCUT2D eigenvalue weighted by Gasteiger charge is 2.38. The van der Waals surface area contributed by atoms with Crippen LogP contribution in [0.1, 0.15) is 31.1 Å². The van der Waals surface area contributed by atoms with Crippen LogP contribution < -0.4 is 0 Å². The molecule has 0 atom stereocenters. The van der Waals surface area contributed by atoms with E-state index in [0.717, 1.165) is 6.92 Å². The van der Waals surface area contributed by atoms with Crippen molar-refractivity contribution in [3.63, 3.8) is 0 Å². The van der Waals surface area contributed by atoms with Crippen LogP contribution >= 0.6 is 23.2 Å². The molecule has 0 aliphatic rings. The van der Waals surface area contributed by atoms with Gasteiger partial charge in [-0.25, -0.2) is 8.78 Å². The molecule has 0 amide bonds. The number of rotatable bonds is 7. The predicted molar refractivity (Wildman–Crippen MR) is 103 cm³/mol. The normalized spacial score (nSPS) is 10.0. The summed E-state index contributed by atoms with van der Waals surface area (Å²) in [4.78, 5) is 43.1. The molecule has 4 nitrogen and oxygen atoms in total. The Morgan fingerprint density at radius 3 is 1.66 bits per heavy atom. The maximum atomic E-state index is 12.0. The van der Waals surface area contributed by atoms with Crippen LogP contribution in [0.5, 0.6) is 0 Å². The summed E-state index contributed by atoms with van der Waals surface area (Å²) in [6.07, 6.45) is -3.22. The minimum Gasteiger partial charge on any atom is -0.294 e. The molecule has 0 aromatic heterocycles. The highest BCUT2D eigenvalue weighted by Crippen LogP contribution is 2.23. The Balaban J connectivity index is 0. The first-order valence-corrected chi connectivity index (χ1v) is 8.58. The number of hydrogen-bond donors (Lipinski definition) is 0. The fourth-order valence-electron chi connectivity index (χ4n) is 1.35. The largest absolute Gasteiger partial charge is 0.385 e. The van der Waals surface area contributed by atoms with Crippen LogP contribution in [0.25, 0.3) is 0 Å². The number of halogens is 6. The van der Waals surface area contributed by atoms with E-state index in [1.54, 1.807) is 0 Å². The number of carbonyl (C=O) groups excluding carboxylic acids is 4. The van der Waals surface area contributed by atoms with Crippen molar-refractivity contribution in [2.45, 2.75) is 32.6 Å². The zero-order valence-corrected chi connectivity index (χ0v) is 17.2. The van der Waals surface area contributed by atoms with Gasteiger partial charge in [0, 0.05) is 10.6 Å². The van der Waals surface area contributed by atoms with Gasteiger partial charge in [-0.05, 0) is 42.8 Å². The number of benzene rings is 1. The topological polar surface area (TPSA) is 68.3 Å². The van der Waals surface area contributed by atoms with E-state index >= 15 is 0 Å². The SMILES string of the molecule is C=C(C(=O)c1ccc(Cl)cc1)C(=O)C(F)F.C=C(C(C)=O)C(=O)C(F)(F)Cl.CC. The molecule has 0 spiro atoms. The third kappa shape index (κ3) is 10.1. The van der Waals surface area contributed by atoms with Crippen LogP contribution in [0.4, 0.5) is 17.6 Å². The van der Waals surface area contributed by atoms with Crippen molar-refractivity contribution < 1.29 is 36.7 Å². The molecule has 1 rings (SSSR count). The molecule has 0 bridgehead atoms. The molecule has 0 N–H and O–H groups in total. The molecule has 0 heterocycles. The molecule has 0 saturated heterocycles. The van der Waals surface area contributed by atoms with Gasteiger partial charge in [-0.2, -0.15) is 8.78 Å². The van der Waals surface area contributed by atoms with Crippen molar-refractivity contribution in [1.29, 1.82) is 0 Å². The first kappa shape index (κ1) is 28.9. The summed E-state index contributed by atoms with van der Waals surface area (Å²) >= 11 is 9.91. The number of allylic oxidation sites excluding steroid dienone is 2. The molecule has 160 valence electrons. The van der Waals surface area contributed by atoms with E-state index in [4.69, 9.17) is 11.6 Å². The monoisotopic (exact) mass is 456 g/mol. The Bertz CT molecular complexity index is 782. The van der Waals surface area contributed by atoms with Crippen molar-refractivity contribution >= 4 is 46.3 Å². The predicted octanol–water partition coefficient (Wildman–Crippen LogP) is 5.47. The number of carbonyl (C=O) groups is 4. The Kier molecular flexibility index (Phi) is 13.0. The molecule has 1 aromatic carbocycles. The van der Waals surface area contributed by atoms with Gasteiger partial charge in [-0.15, -0.1) is 0 Å². The summed E-state index contributed by atoms with van der Waals surface area (Å²) in [5, 5.41) is -3.62. The van der Waals surface area contributed by atoms with Gasteiger partial charge in [-0.1, -0.05) is 38.6 Å². The molecule has 10 heteroatoms. The van der Waals surface area contributed by atoms with Crippen molar-refractivity contribution in [3.05, 3.63) is 59.2 Å².